The normalized spacial score (nSPS) is 11.6. The van der Waals surface area contributed by atoms with Crippen LogP contribution in [0.3, 0.4) is 0 Å². The fraction of sp³-hybridized carbons (Fsp3) is 0.625. The van der Waals surface area contributed by atoms with Gasteiger partial charge >= 0.3 is 0 Å². The molecule has 0 radical (unpaired) electrons. The van der Waals surface area contributed by atoms with E-state index in [0.29, 0.717) is 11.5 Å². The average molecular weight is 281 g/mol. The van der Waals surface area contributed by atoms with Crippen molar-refractivity contribution in [3.63, 3.8) is 0 Å². The Hall–Kier alpha value is -0.470. The lowest BCUT2D eigenvalue weighted by atomic mass is 10.6. The van der Waals surface area contributed by atoms with Gasteiger partial charge in [0.2, 0.25) is 0 Å². The lowest BCUT2D eigenvalue weighted by molar-refractivity contribution is 0.598. The molecule has 0 bridgehead atoms. The van der Waals surface area contributed by atoms with Crippen molar-refractivity contribution in [2.45, 2.75) is 11.8 Å². The number of nitrogen functional groups attached to an aromatic ring is 1. The van der Waals surface area contributed by atoms with E-state index in [0.717, 1.165) is 17.3 Å². The van der Waals surface area contributed by atoms with Gasteiger partial charge in [-0.05, 0) is 17.8 Å². The topological polar surface area (TPSA) is 85.1 Å². The van der Waals surface area contributed by atoms with Gasteiger partial charge < -0.3 is 11.1 Å². The van der Waals surface area contributed by atoms with Gasteiger partial charge in [-0.2, -0.15) is 16.1 Å². The van der Waals surface area contributed by atoms with Gasteiger partial charge in [0.05, 0.1) is 5.75 Å². The quantitative estimate of drug-likeness (QED) is 0.764. The lowest BCUT2D eigenvalue weighted by Crippen LogP contribution is -2.10. The van der Waals surface area contributed by atoms with Gasteiger partial charge in [0.25, 0.3) is 0 Å². The molecule has 1 aromatic rings. The van der Waals surface area contributed by atoms with Crippen LogP contribution in [0.2, 0.25) is 0 Å². The van der Waals surface area contributed by atoms with Gasteiger partial charge in [-0.3, -0.25) is 0 Å². The Morgan fingerprint density at radius 2 is 2.25 bits per heavy atom. The number of nitrogens with zero attached hydrogens (tertiary/aromatic N) is 1. The zero-order valence-corrected chi connectivity index (χ0v) is 11.6. The molecule has 0 aliphatic heterocycles. The molecular formula is C8H15N3O2S3. The summed E-state index contributed by atoms with van der Waals surface area (Å²) in [4.78, 5) is 0.154. The highest BCUT2D eigenvalue weighted by atomic mass is 32.2. The number of sulfone groups is 1. The van der Waals surface area contributed by atoms with Crippen molar-refractivity contribution in [1.82, 2.24) is 4.37 Å². The van der Waals surface area contributed by atoms with Crippen LogP contribution in [-0.2, 0) is 9.84 Å². The molecular weight excluding hydrogens is 266 g/mol. The fourth-order valence-corrected chi connectivity index (χ4v) is 3.62. The smallest absolute Gasteiger partial charge is 0.184 e. The Morgan fingerprint density at radius 3 is 2.81 bits per heavy atom. The first-order valence-corrected chi connectivity index (χ1v) is 8.55. The van der Waals surface area contributed by atoms with E-state index in [9.17, 15) is 8.42 Å². The van der Waals surface area contributed by atoms with E-state index in [1.54, 1.807) is 18.7 Å². The van der Waals surface area contributed by atoms with Crippen LogP contribution >= 0.6 is 23.3 Å². The molecule has 0 spiro atoms. The van der Waals surface area contributed by atoms with Gasteiger partial charge in [0, 0.05) is 12.3 Å². The third kappa shape index (κ3) is 3.02. The summed E-state index contributed by atoms with van der Waals surface area (Å²) >= 11 is 2.78. The summed E-state index contributed by atoms with van der Waals surface area (Å²) in [5.74, 6) is 1.04. The molecule has 92 valence electrons. The molecule has 0 amide bonds. The summed E-state index contributed by atoms with van der Waals surface area (Å²) in [5, 5.41) is 3.60. The molecule has 0 aliphatic carbocycles. The molecule has 0 atom stereocenters. The molecule has 1 rings (SSSR count). The zero-order valence-electron chi connectivity index (χ0n) is 9.19. The van der Waals surface area contributed by atoms with Crippen molar-refractivity contribution in [3.05, 3.63) is 0 Å². The van der Waals surface area contributed by atoms with E-state index in [2.05, 4.69) is 9.69 Å². The number of nitrogens with one attached hydrogen (secondary N) is 1. The Kier molecular flexibility index (Phi) is 4.88. The maximum absolute atomic E-state index is 11.8. The van der Waals surface area contributed by atoms with E-state index < -0.39 is 9.84 Å². The van der Waals surface area contributed by atoms with E-state index >= 15 is 0 Å². The number of anilines is 2. The standard InChI is InChI=1S/C8H15N3O2S3/c1-3-16(12,13)6-7(9)11-15-8(6)10-4-5-14-2/h10H,3-5H2,1-2H3,(H2,9,11). The van der Waals surface area contributed by atoms with Crippen molar-refractivity contribution in [2.75, 3.05) is 35.4 Å². The van der Waals surface area contributed by atoms with E-state index in [1.807, 2.05) is 6.26 Å². The molecule has 0 unspecified atom stereocenters. The molecule has 5 nitrogen and oxygen atoms in total. The number of thioether (sulfide) groups is 1. The van der Waals surface area contributed by atoms with E-state index in [4.69, 9.17) is 5.73 Å². The summed E-state index contributed by atoms with van der Waals surface area (Å²) in [6.07, 6.45) is 1.99. The highest BCUT2D eigenvalue weighted by Gasteiger charge is 2.23. The number of hydrogen-bond donors (Lipinski definition) is 2. The Bertz CT molecular complexity index is 441. The molecule has 1 heterocycles. The maximum atomic E-state index is 11.8. The van der Waals surface area contributed by atoms with Gasteiger partial charge in [0.1, 0.15) is 9.90 Å². The first-order chi connectivity index (χ1) is 7.53. The minimum absolute atomic E-state index is 0.0345. The van der Waals surface area contributed by atoms with Gasteiger partial charge in [-0.15, -0.1) is 0 Å². The number of nitrogens with two attached hydrogens (primary N) is 1. The first kappa shape index (κ1) is 13.6. The van der Waals surface area contributed by atoms with Gasteiger partial charge in [0.15, 0.2) is 15.7 Å². The molecule has 3 N–H and O–H groups in total. The second kappa shape index (κ2) is 5.74. The van der Waals surface area contributed by atoms with Crippen LogP contribution in [0.25, 0.3) is 0 Å². The predicted molar refractivity (Wildman–Crippen MR) is 71.1 cm³/mol. The summed E-state index contributed by atoms with van der Waals surface area (Å²) in [6.45, 7) is 2.30. The third-order valence-corrected chi connectivity index (χ3v) is 5.31. The summed E-state index contributed by atoms with van der Waals surface area (Å²) in [7, 11) is -3.30. The number of aromatic nitrogens is 1. The molecule has 0 aliphatic rings. The number of hydrogen-bond acceptors (Lipinski definition) is 7. The highest BCUT2D eigenvalue weighted by Crippen LogP contribution is 2.31. The summed E-state index contributed by atoms with van der Waals surface area (Å²) < 4.78 is 27.4. The highest BCUT2D eigenvalue weighted by molar-refractivity contribution is 7.98. The van der Waals surface area contributed by atoms with Crippen molar-refractivity contribution < 1.29 is 8.42 Å². The van der Waals surface area contributed by atoms with Crippen molar-refractivity contribution >= 4 is 44.0 Å². The summed E-state index contributed by atoms with van der Waals surface area (Å²) in [5.41, 5.74) is 5.58. The van der Waals surface area contributed by atoms with Crippen molar-refractivity contribution in [2.24, 2.45) is 0 Å². The second-order valence-electron chi connectivity index (χ2n) is 3.05. The first-order valence-electron chi connectivity index (χ1n) is 4.73. The Morgan fingerprint density at radius 1 is 1.56 bits per heavy atom. The SMILES string of the molecule is CCS(=O)(=O)c1c(N)nsc1NCCSC. The van der Waals surface area contributed by atoms with Crippen LogP contribution in [-0.4, -0.2) is 37.1 Å². The monoisotopic (exact) mass is 281 g/mol. The van der Waals surface area contributed by atoms with Crippen LogP contribution in [0.5, 0.6) is 0 Å². The average Bonchev–Trinajstić information content (AvgIpc) is 2.61. The molecule has 0 aromatic carbocycles. The van der Waals surface area contributed by atoms with Gasteiger partial charge in [-0.1, -0.05) is 6.92 Å². The third-order valence-electron chi connectivity index (χ3n) is 1.96. The van der Waals surface area contributed by atoms with Crippen LogP contribution in [0.4, 0.5) is 10.8 Å². The maximum Gasteiger partial charge on any atom is 0.184 e. The second-order valence-corrected chi connectivity index (χ2v) is 7.02. The predicted octanol–water partition coefficient (Wildman–Crippen LogP) is 1.29. The minimum atomic E-state index is -3.30. The van der Waals surface area contributed by atoms with Gasteiger partial charge in [-0.25, -0.2) is 8.42 Å². The van der Waals surface area contributed by atoms with Crippen molar-refractivity contribution in [1.29, 1.82) is 0 Å². The van der Waals surface area contributed by atoms with E-state index in [-0.39, 0.29) is 16.5 Å². The Balaban J connectivity index is 2.95. The minimum Gasteiger partial charge on any atom is -0.382 e. The van der Waals surface area contributed by atoms with Crippen LogP contribution < -0.4 is 11.1 Å². The molecule has 8 heteroatoms. The molecule has 16 heavy (non-hydrogen) atoms. The lowest BCUT2D eigenvalue weighted by Gasteiger charge is -2.05. The molecule has 1 aromatic heterocycles. The zero-order chi connectivity index (χ0) is 12.2. The molecule has 0 fully saturated rings. The van der Waals surface area contributed by atoms with Crippen molar-refractivity contribution in [3.8, 4) is 0 Å². The van der Waals surface area contributed by atoms with Crippen LogP contribution in [0, 0.1) is 0 Å². The molecule has 0 saturated heterocycles. The number of rotatable bonds is 6. The largest absolute Gasteiger partial charge is 0.382 e. The summed E-state index contributed by atoms with van der Waals surface area (Å²) in [6, 6.07) is 0. The van der Waals surface area contributed by atoms with Crippen LogP contribution in [0.15, 0.2) is 4.90 Å². The van der Waals surface area contributed by atoms with E-state index in [1.165, 1.54) is 0 Å². The Labute approximate surface area is 104 Å². The van der Waals surface area contributed by atoms with Crippen LogP contribution in [0.1, 0.15) is 6.92 Å². The molecule has 0 saturated carbocycles. The fourth-order valence-electron chi connectivity index (χ4n) is 1.12.